The minimum atomic E-state index is 0.486. The number of nitrogens with two attached hydrogens (primary N) is 1. The molecule has 1 saturated carbocycles. The lowest BCUT2D eigenvalue weighted by Gasteiger charge is -2.35. The summed E-state index contributed by atoms with van der Waals surface area (Å²) in [6.45, 7) is 4.14. The van der Waals surface area contributed by atoms with Crippen molar-refractivity contribution in [2.75, 3.05) is 13.2 Å². The molecule has 3 heteroatoms. The summed E-state index contributed by atoms with van der Waals surface area (Å²) in [6, 6.07) is 0.486. The average Bonchev–Trinajstić information content (AvgIpc) is 2.85. The number of hydrogen-bond donors (Lipinski definition) is 2. The minimum absolute atomic E-state index is 0.486. The largest absolute Gasteiger partial charge is 0.381 e. The number of rotatable bonds is 4. The van der Waals surface area contributed by atoms with E-state index in [0.717, 1.165) is 25.0 Å². The van der Waals surface area contributed by atoms with Crippen LogP contribution in [-0.2, 0) is 4.74 Å². The molecule has 0 aromatic carbocycles. The first-order valence-corrected chi connectivity index (χ1v) is 6.89. The monoisotopic (exact) mass is 226 g/mol. The SMILES string of the molecule is CCC1CCC(C(NN)C2CCOC2)CC1. The summed E-state index contributed by atoms with van der Waals surface area (Å²) >= 11 is 0. The Morgan fingerprint density at radius 2 is 1.94 bits per heavy atom. The zero-order valence-electron chi connectivity index (χ0n) is 10.5. The highest BCUT2D eigenvalue weighted by molar-refractivity contribution is 4.86. The van der Waals surface area contributed by atoms with Gasteiger partial charge in [0.2, 0.25) is 0 Å². The molecule has 2 rings (SSSR count). The third kappa shape index (κ3) is 2.76. The Morgan fingerprint density at radius 1 is 1.19 bits per heavy atom. The van der Waals surface area contributed by atoms with Crippen molar-refractivity contribution in [2.45, 2.75) is 51.5 Å². The van der Waals surface area contributed by atoms with Crippen molar-refractivity contribution >= 4 is 0 Å². The van der Waals surface area contributed by atoms with E-state index in [-0.39, 0.29) is 0 Å². The Morgan fingerprint density at radius 3 is 2.44 bits per heavy atom. The van der Waals surface area contributed by atoms with E-state index in [2.05, 4.69) is 12.3 Å². The molecule has 0 aromatic heterocycles. The molecule has 1 heterocycles. The molecule has 2 aliphatic rings. The van der Waals surface area contributed by atoms with Crippen LogP contribution in [0.5, 0.6) is 0 Å². The Labute approximate surface area is 99.1 Å². The third-order valence-electron chi connectivity index (χ3n) is 4.64. The summed E-state index contributed by atoms with van der Waals surface area (Å²) in [5.41, 5.74) is 3.07. The zero-order valence-corrected chi connectivity index (χ0v) is 10.5. The van der Waals surface area contributed by atoms with Gasteiger partial charge in [0.15, 0.2) is 0 Å². The highest BCUT2D eigenvalue weighted by Crippen LogP contribution is 2.35. The summed E-state index contributed by atoms with van der Waals surface area (Å²) in [6.07, 6.45) is 8.02. The lowest BCUT2D eigenvalue weighted by molar-refractivity contribution is 0.143. The van der Waals surface area contributed by atoms with Crippen LogP contribution in [0.2, 0.25) is 0 Å². The van der Waals surface area contributed by atoms with Gasteiger partial charge >= 0.3 is 0 Å². The normalized spacial score (nSPS) is 37.5. The molecule has 0 radical (unpaired) electrons. The maximum atomic E-state index is 5.75. The first-order valence-electron chi connectivity index (χ1n) is 6.89. The second kappa shape index (κ2) is 5.99. The second-order valence-electron chi connectivity index (χ2n) is 5.51. The molecule has 0 aromatic rings. The first-order chi connectivity index (χ1) is 7.85. The summed E-state index contributed by atoms with van der Waals surface area (Å²) in [4.78, 5) is 0. The van der Waals surface area contributed by atoms with Crippen molar-refractivity contribution in [2.24, 2.45) is 23.6 Å². The number of hydrazine groups is 1. The van der Waals surface area contributed by atoms with Crippen LogP contribution in [0.15, 0.2) is 0 Å². The highest BCUT2D eigenvalue weighted by Gasteiger charge is 2.33. The summed E-state index contributed by atoms with van der Waals surface area (Å²) in [5.74, 6) is 8.14. The lowest BCUT2D eigenvalue weighted by Crippen LogP contribution is -2.47. The van der Waals surface area contributed by atoms with E-state index in [1.807, 2.05) is 0 Å². The smallest absolute Gasteiger partial charge is 0.0510 e. The first kappa shape index (κ1) is 12.3. The van der Waals surface area contributed by atoms with Gasteiger partial charge in [-0.1, -0.05) is 26.2 Å². The molecule has 16 heavy (non-hydrogen) atoms. The quantitative estimate of drug-likeness (QED) is 0.570. The van der Waals surface area contributed by atoms with Crippen molar-refractivity contribution in [3.8, 4) is 0 Å². The van der Waals surface area contributed by atoms with Crippen LogP contribution in [0.25, 0.3) is 0 Å². The maximum Gasteiger partial charge on any atom is 0.0510 e. The van der Waals surface area contributed by atoms with Gasteiger partial charge in [0.05, 0.1) is 6.61 Å². The van der Waals surface area contributed by atoms with Crippen molar-refractivity contribution in [3.05, 3.63) is 0 Å². The van der Waals surface area contributed by atoms with Crippen LogP contribution in [-0.4, -0.2) is 19.3 Å². The van der Waals surface area contributed by atoms with Gasteiger partial charge < -0.3 is 4.74 Å². The molecule has 0 spiro atoms. The zero-order chi connectivity index (χ0) is 11.4. The summed E-state index contributed by atoms with van der Waals surface area (Å²) in [7, 11) is 0. The third-order valence-corrected chi connectivity index (χ3v) is 4.64. The van der Waals surface area contributed by atoms with Crippen molar-refractivity contribution < 1.29 is 4.74 Å². The molecule has 1 saturated heterocycles. The lowest BCUT2D eigenvalue weighted by atomic mass is 9.74. The molecule has 94 valence electrons. The highest BCUT2D eigenvalue weighted by atomic mass is 16.5. The molecule has 1 aliphatic heterocycles. The van der Waals surface area contributed by atoms with Gasteiger partial charge in [0.25, 0.3) is 0 Å². The van der Waals surface area contributed by atoms with E-state index >= 15 is 0 Å². The van der Waals surface area contributed by atoms with Gasteiger partial charge in [-0.3, -0.25) is 11.3 Å². The topological polar surface area (TPSA) is 47.3 Å². The molecule has 2 fully saturated rings. The van der Waals surface area contributed by atoms with Gasteiger partial charge in [-0.2, -0.15) is 0 Å². The number of ether oxygens (including phenoxy) is 1. The predicted molar refractivity (Wildman–Crippen MR) is 65.8 cm³/mol. The van der Waals surface area contributed by atoms with E-state index in [1.54, 1.807) is 0 Å². The Kier molecular flexibility index (Phi) is 4.62. The molecule has 3 nitrogen and oxygen atoms in total. The fraction of sp³-hybridized carbons (Fsp3) is 1.00. The molecule has 1 aliphatic carbocycles. The second-order valence-corrected chi connectivity index (χ2v) is 5.51. The standard InChI is InChI=1S/C13H26N2O/c1-2-10-3-5-11(6-4-10)13(15-14)12-7-8-16-9-12/h10-13,15H,2-9,14H2,1H3. The Hall–Kier alpha value is -0.120. The Bertz CT molecular complexity index is 196. The van der Waals surface area contributed by atoms with E-state index in [9.17, 15) is 0 Å². The van der Waals surface area contributed by atoms with Crippen LogP contribution in [0.4, 0.5) is 0 Å². The van der Waals surface area contributed by atoms with Crippen LogP contribution in [0, 0.1) is 17.8 Å². The average molecular weight is 226 g/mol. The molecule has 2 atom stereocenters. The molecule has 0 amide bonds. The molecule has 0 bridgehead atoms. The van der Waals surface area contributed by atoms with Gasteiger partial charge in [-0.15, -0.1) is 0 Å². The van der Waals surface area contributed by atoms with E-state index in [4.69, 9.17) is 10.6 Å². The maximum absolute atomic E-state index is 5.75. The van der Waals surface area contributed by atoms with Crippen molar-refractivity contribution in [1.82, 2.24) is 5.43 Å². The van der Waals surface area contributed by atoms with Crippen LogP contribution in [0.1, 0.15) is 45.4 Å². The fourth-order valence-corrected chi connectivity index (χ4v) is 3.45. The molecule has 3 N–H and O–H groups in total. The Balaban J connectivity index is 1.85. The van der Waals surface area contributed by atoms with Gasteiger partial charge in [-0.25, -0.2) is 0 Å². The van der Waals surface area contributed by atoms with Crippen molar-refractivity contribution in [3.63, 3.8) is 0 Å². The number of hydrogen-bond acceptors (Lipinski definition) is 3. The molecular weight excluding hydrogens is 200 g/mol. The minimum Gasteiger partial charge on any atom is -0.381 e. The van der Waals surface area contributed by atoms with Crippen LogP contribution >= 0.6 is 0 Å². The van der Waals surface area contributed by atoms with Gasteiger partial charge in [0, 0.05) is 18.6 Å². The van der Waals surface area contributed by atoms with E-state index in [0.29, 0.717) is 12.0 Å². The van der Waals surface area contributed by atoms with Crippen LogP contribution in [0.3, 0.4) is 0 Å². The van der Waals surface area contributed by atoms with Gasteiger partial charge in [0.1, 0.15) is 0 Å². The summed E-state index contributed by atoms with van der Waals surface area (Å²) in [5, 5.41) is 0. The number of nitrogens with one attached hydrogen (secondary N) is 1. The van der Waals surface area contributed by atoms with Gasteiger partial charge in [-0.05, 0) is 31.1 Å². The van der Waals surface area contributed by atoms with E-state index < -0.39 is 0 Å². The predicted octanol–water partition coefficient (Wildman–Crippen LogP) is 2.07. The van der Waals surface area contributed by atoms with Crippen LogP contribution < -0.4 is 11.3 Å². The molecular formula is C13H26N2O. The summed E-state index contributed by atoms with van der Waals surface area (Å²) < 4.78 is 5.48. The fourth-order valence-electron chi connectivity index (χ4n) is 3.45. The van der Waals surface area contributed by atoms with Crippen molar-refractivity contribution in [1.29, 1.82) is 0 Å². The molecule has 2 unspecified atom stereocenters. The van der Waals surface area contributed by atoms with E-state index in [1.165, 1.54) is 38.5 Å².